The molecule has 0 radical (unpaired) electrons. The third-order valence-electron chi connectivity index (χ3n) is 1.80. The van der Waals surface area contributed by atoms with E-state index in [0.717, 1.165) is 17.0 Å². The Morgan fingerprint density at radius 1 is 1.64 bits per heavy atom. The van der Waals surface area contributed by atoms with Crippen molar-refractivity contribution in [3.63, 3.8) is 0 Å². The molecular formula is C10H12N4. The second kappa shape index (κ2) is 5.04. The zero-order chi connectivity index (χ0) is 10.4. The molecule has 72 valence electrons. The highest BCUT2D eigenvalue weighted by atomic mass is 15.1. The van der Waals surface area contributed by atoms with E-state index in [9.17, 15) is 0 Å². The van der Waals surface area contributed by atoms with Gasteiger partial charge < -0.3 is 0 Å². The van der Waals surface area contributed by atoms with Crippen LogP contribution in [-0.4, -0.2) is 11.5 Å². The Balaban J connectivity index is 2.80. The fraction of sp³-hybridized carbons (Fsp3) is 0.300. The lowest BCUT2D eigenvalue weighted by Crippen LogP contribution is -1.95. The van der Waals surface area contributed by atoms with E-state index >= 15 is 0 Å². The number of aromatic nitrogens is 1. The highest BCUT2D eigenvalue weighted by molar-refractivity contribution is 5.47. The highest BCUT2D eigenvalue weighted by Gasteiger charge is 1.97. The van der Waals surface area contributed by atoms with Gasteiger partial charge in [0.2, 0.25) is 0 Å². The van der Waals surface area contributed by atoms with Gasteiger partial charge in [-0.15, -0.1) is 0 Å². The second-order valence-electron chi connectivity index (χ2n) is 2.94. The van der Waals surface area contributed by atoms with Crippen LogP contribution in [0.4, 0.5) is 0 Å². The lowest BCUT2D eigenvalue weighted by molar-refractivity contribution is 0.903. The van der Waals surface area contributed by atoms with Crippen molar-refractivity contribution in [3.8, 4) is 0 Å². The summed E-state index contributed by atoms with van der Waals surface area (Å²) >= 11 is 0. The first-order valence-corrected chi connectivity index (χ1v) is 4.37. The van der Waals surface area contributed by atoms with Crippen LogP contribution < -0.4 is 0 Å². The predicted octanol–water partition coefficient (Wildman–Crippen LogP) is 2.89. The lowest BCUT2D eigenvalue weighted by atomic mass is 10.1. The maximum absolute atomic E-state index is 8.12. The first-order valence-electron chi connectivity index (χ1n) is 4.37. The molecule has 4 heteroatoms. The first-order chi connectivity index (χ1) is 6.76. The minimum atomic E-state index is 0.448. The van der Waals surface area contributed by atoms with Gasteiger partial charge in [-0.2, -0.15) is 0 Å². The van der Waals surface area contributed by atoms with Crippen LogP contribution in [0.5, 0.6) is 0 Å². The summed E-state index contributed by atoms with van der Waals surface area (Å²) in [5, 5.41) is 3.47. The van der Waals surface area contributed by atoms with Crippen LogP contribution in [0.2, 0.25) is 0 Å². The molecular weight excluding hydrogens is 176 g/mol. The van der Waals surface area contributed by atoms with E-state index in [1.54, 1.807) is 6.08 Å². The van der Waals surface area contributed by atoms with E-state index in [0.29, 0.717) is 13.0 Å². The molecule has 1 rings (SSSR count). The number of hydrogen-bond acceptors (Lipinski definition) is 2. The Labute approximate surface area is 82.9 Å². The fourth-order valence-corrected chi connectivity index (χ4v) is 1.22. The molecule has 4 nitrogen and oxygen atoms in total. The van der Waals surface area contributed by atoms with Gasteiger partial charge in [0.05, 0.1) is 0 Å². The van der Waals surface area contributed by atoms with Gasteiger partial charge in [0.25, 0.3) is 0 Å². The molecule has 0 aliphatic rings. The molecule has 0 spiro atoms. The summed E-state index contributed by atoms with van der Waals surface area (Å²) in [4.78, 5) is 7.02. The van der Waals surface area contributed by atoms with Gasteiger partial charge in [-0.3, -0.25) is 4.98 Å². The van der Waals surface area contributed by atoms with Crippen molar-refractivity contribution in [1.29, 1.82) is 0 Å². The second-order valence-corrected chi connectivity index (χ2v) is 2.94. The molecule has 0 atom stereocenters. The highest BCUT2D eigenvalue weighted by Crippen LogP contribution is 2.07. The van der Waals surface area contributed by atoms with Crippen molar-refractivity contribution >= 4 is 6.08 Å². The van der Waals surface area contributed by atoms with Gasteiger partial charge in [0.15, 0.2) is 0 Å². The third kappa shape index (κ3) is 2.92. The summed E-state index contributed by atoms with van der Waals surface area (Å²) in [6.45, 7) is 6.08. The third-order valence-corrected chi connectivity index (χ3v) is 1.80. The smallest absolute Gasteiger partial charge is 0.0414 e. The van der Waals surface area contributed by atoms with E-state index in [-0.39, 0.29) is 0 Å². The molecule has 0 fully saturated rings. The minimum Gasteiger partial charge on any atom is -0.258 e. The average Bonchev–Trinajstić information content (AvgIpc) is 2.17. The summed E-state index contributed by atoms with van der Waals surface area (Å²) in [5.74, 6) is 0. The quantitative estimate of drug-likeness (QED) is 0.407. The largest absolute Gasteiger partial charge is 0.258 e. The van der Waals surface area contributed by atoms with E-state index in [1.165, 1.54) is 0 Å². The van der Waals surface area contributed by atoms with Gasteiger partial charge in [-0.1, -0.05) is 17.8 Å². The van der Waals surface area contributed by atoms with E-state index in [2.05, 4.69) is 21.6 Å². The first kappa shape index (κ1) is 10.3. The van der Waals surface area contributed by atoms with Crippen LogP contribution in [0.15, 0.2) is 23.8 Å². The maximum Gasteiger partial charge on any atom is 0.0414 e. The van der Waals surface area contributed by atoms with Crippen molar-refractivity contribution in [1.82, 2.24) is 4.98 Å². The topological polar surface area (TPSA) is 61.7 Å². The Morgan fingerprint density at radius 3 is 3.07 bits per heavy atom. The number of rotatable bonds is 4. The van der Waals surface area contributed by atoms with Crippen molar-refractivity contribution in [2.24, 2.45) is 5.11 Å². The zero-order valence-corrected chi connectivity index (χ0v) is 8.14. The van der Waals surface area contributed by atoms with Gasteiger partial charge in [-0.05, 0) is 36.6 Å². The predicted molar refractivity (Wildman–Crippen MR) is 56.8 cm³/mol. The number of azide groups is 1. The Hall–Kier alpha value is -1.80. The molecule has 0 aliphatic carbocycles. The van der Waals surface area contributed by atoms with Crippen molar-refractivity contribution < 1.29 is 0 Å². The summed E-state index contributed by atoms with van der Waals surface area (Å²) in [6.07, 6.45) is 2.46. The van der Waals surface area contributed by atoms with Crippen LogP contribution in [-0.2, 0) is 6.42 Å². The SMILES string of the molecule is C=Cc1cc(C)nc(CCN=[N+]=[N-])c1. The number of pyridine rings is 1. The Morgan fingerprint density at radius 2 is 2.43 bits per heavy atom. The molecule has 1 heterocycles. The summed E-state index contributed by atoms with van der Waals surface area (Å²) in [6, 6.07) is 3.91. The molecule has 14 heavy (non-hydrogen) atoms. The van der Waals surface area contributed by atoms with Crippen molar-refractivity contribution in [2.45, 2.75) is 13.3 Å². The molecule has 0 aromatic carbocycles. The lowest BCUT2D eigenvalue weighted by Gasteiger charge is -2.01. The maximum atomic E-state index is 8.12. The van der Waals surface area contributed by atoms with Crippen molar-refractivity contribution in [3.05, 3.63) is 46.1 Å². The van der Waals surface area contributed by atoms with Crippen LogP contribution in [0, 0.1) is 6.92 Å². The molecule has 0 saturated carbocycles. The van der Waals surface area contributed by atoms with Gasteiger partial charge in [-0.25, -0.2) is 0 Å². The molecule has 1 aromatic rings. The Bertz CT molecular complexity index is 378. The summed E-state index contributed by atoms with van der Waals surface area (Å²) in [7, 11) is 0. The normalized spacial score (nSPS) is 9.21. The van der Waals surface area contributed by atoms with Crippen LogP contribution in [0.1, 0.15) is 17.0 Å². The molecule has 0 saturated heterocycles. The van der Waals surface area contributed by atoms with E-state index < -0.39 is 0 Å². The molecule has 1 aromatic heterocycles. The van der Waals surface area contributed by atoms with Gasteiger partial charge >= 0.3 is 0 Å². The number of aryl methyl sites for hydroxylation is 1. The van der Waals surface area contributed by atoms with Gasteiger partial charge in [0, 0.05) is 22.8 Å². The van der Waals surface area contributed by atoms with Crippen molar-refractivity contribution in [2.75, 3.05) is 6.54 Å². The minimum absolute atomic E-state index is 0.448. The molecule has 0 aliphatic heterocycles. The monoisotopic (exact) mass is 188 g/mol. The van der Waals surface area contributed by atoms with Crippen LogP contribution in [0.25, 0.3) is 16.5 Å². The van der Waals surface area contributed by atoms with Crippen LogP contribution in [0.3, 0.4) is 0 Å². The molecule has 0 unspecified atom stereocenters. The average molecular weight is 188 g/mol. The fourth-order valence-electron chi connectivity index (χ4n) is 1.22. The van der Waals surface area contributed by atoms with E-state index in [4.69, 9.17) is 5.53 Å². The van der Waals surface area contributed by atoms with Crippen LogP contribution >= 0.6 is 0 Å². The zero-order valence-electron chi connectivity index (χ0n) is 8.14. The number of nitrogens with zero attached hydrogens (tertiary/aromatic N) is 4. The molecule has 0 amide bonds. The van der Waals surface area contributed by atoms with Gasteiger partial charge in [0.1, 0.15) is 0 Å². The Kier molecular flexibility index (Phi) is 3.70. The van der Waals surface area contributed by atoms with E-state index in [1.807, 2.05) is 19.1 Å². The number of hydrogen-bond donors (Lipinski definition) is 0. The molecule has 0 N–H and O–H groups in total. The summed E-state index contributed by atoms with van der Waals surface area (Å²) < 4.78 is 0. The summed E-state index contributed by atoms with van der Waals surface area (Å²) in [5.41, 5.74) is 11.1. The standard InChI is InChI=1S/C10H12N4/c1-3-9-6-8(2)13-10(7-9)4-5-12-14-11/h3,6-7H,1,4-5H2,2H3. The molecule has 0 bridgehead atoms.